The first kappa shape index (κ1) is 14.7. The van der Waals surface area contributed by atoms with Crippen LogP contribution in [0, 0.1) is 5.92 Å². The molecule has 1 aromatic carbocycles. The molecule has 0 radical (unpaired) electrons. The van der Waals surface area contributed by atoms with Crippen molar-refractivity contribution in [1.29, 1.82) is 0 Å². The van der Waals surface area contributed by atoms with Crippen LogP contribution in [0.1, 0.15) is 32.6 Å². The Balaban J connectivity index is 1.70. The molecule has 1 aromatic rings. The van der Waals surface area contributed by atoms with Crippen LogP contribution in [0.2, 0.25) is 0 Å². The van der Waals surface area contributed by atoms with Crippen molar-refractivity contribution < 1.29 is 9.53 Å². The molecular weight excluding hydrogens is 252 g/mol. The lowest BCUT2D eigenvalue weighted by molar-refractivity contribution is -0.133. The Kier molecular flexibility index (Phi) is 5.27. The molecule has 0 spiro atoms. The first-order valence-electron chi connectivity index (χ1n) is 7.45. The van der Waals surface area contributed by atoms with Crippen LogP contribution in [0.15, 0.2) is 24.3 Å². The van der Waals surface area contributed by atoms with Gasteiger partial charge in [0.05, 0.1) is 13.0 Å². The fourth-order valence-corrected chi connectivity index (χ4v) is 2.61. The molecule has 1 fully saturated rings. The van der Waals surface area contributed by atoms with Crippen molar-refractivity contribution in [2.75, 3.05) is 25.4 Å². The van der Waals surface area contributed by atoms with Crippen molar-refractivity contribution in [3.8, 4) is 5.75 Å². The fraction of sp³-hybridized carbons (Fsp3) is 0.562. The van der Waals surface area contributed by atoms with Crippen LogP contribution < -0.4 is 10.5 Å². The van der Waals surface area contributed by atoms with E-state index in [1.807, 2.05) is 23.1 Å². The van der Waals surface area contributed by atoms with Crippen LogP contribution in [0.25, 0.3) is 0 Å². The highest BCUT2D eigenvalue weighted by atomic mass is 16.5. The minimum atomic E-state index is 0.198. The monoisotopic (exact) mass is 276 g/mol. The summed E-state index contributed by atoms with van der Waals surface area (Å²) in [5.74, 6) is 1.72. The summed E-state index contributed by atoms with van der Waals surface area (Å²) in [5.41, 5.74) is 6.35. The van der Waals surface area contributed by atoms with E-state index < -0.39 is 0 Å². The number of carbonyl (C=O) groups excluding carboxylic acids is 1. The third-order valence-electron chi connectivity index (χ3n) is 3.99. The van der Waals surface area contributed by atoms with Crippen molar-refractivity contribution in [2.45, 2.75) is 32.6 Å². The molecule has 1 aliphatic heterocycles. The molecule has 110 valence electrons. The number of rotatable bonds is 5. The van der Waals surface area contributed by atoms with Gasteiger partial charge < -0.3 is 15.4 Å². The summed E-state index contributed by atoms with van der Waals surface area (Å²) in [7, 11) is 0. The summed E-state index contributed by atoms with van der Waals surface area (Å²) in [6.45, 7) is 4.43. The van der Waals surface area contributed by atoms with Gasteiger partial charge in [0.15, 0.2) is 0 Å². The predicted molar refractivity (Wildman–Crippen MR) is 80.6 cm³/mol. The first-order valence-corrected chi connectivity index (χ1v) is 7.45. The zero-order valence-corrected chi connectivity index (χ0v) is 12.2. The van der Waals surface area contributed by atoms with Gasteiger partial charge in [-0.15, -0.1) is 0 Å². The maximum absolute atomic E-state index is 12.1. The van der Waals surface area contributed by atoms with Crippen LogP contribution in [0.4, 0.5) is 5.69 Å². The number of nitrogens with two attached hydrogens (primary N) is 1. The van der Waals surface area contributed by atoms with Crippen molar-refractivity contribution in [1.82, 2.24) is 4.90 Å². The lowest BCUT2D eigenvalue weighted by Crippen LogP contribution is -2.38. The average Bonchev–Trinajstić information content (AvgIpc) is 2.47. The number of carbonyl (C=O) groups is 1. The molecule has 1 saturated heterocycles. The summed E-state index contributed by atoms with van der Waals surface area (Å²) in [6, 6.07) is 7.29. The van der Waals surface area contributed by atoms with Gasteiger partial charge in [-0.3, -0.25) is 4.79 Å². The molecule has 4 nitrogen and oxygen atoms in total. The molecule has 1 heterocycles. The number of piperidine rings is 1. The topological polar surface area (TPSA) is 55.6 Å². The quantitative estimate of drug-likeness (QED) is 0.841. The van der Waals surface area contributed by atoms with Crippen LogP contribution in [-0.2, 0) is 4.79 Å². The van der Waals surface area contributed by atoms with Gasteiger partial charge in [0.2, 0.25) is 5.91 Å². The fourth-order valence-electron chi connectivity index (χ4n) is 2.61. The van der Waals surface area contributed by atoms with Crippen molar-refractivity contribution >= 4 is 11.6 Å². The smallest absolute Gasteiger partial charge is 0.225 e. The molecule has 0 unspecified atom stereocenters. The number of anilines is 1. The molecule has 0 saturated carbocycles. The zero-order chi connectivity index (χ0) is 14.4. The molecule has 2 rings (SSSR count). The van der Waals surface area contributed by atoms with E-state index in [0.29, 0.717) is 18.7 Å². The van der Waals surface area contributed by atoms with E-state index in [4.69, 9.17) is 10.5 Å². The lowest BCUT2D eigenvalue weighted by Gasteiger charge is -2.31. The van der Waals surface area contributed by atoms with Gasteiger partial charge >= 0.3 is 0 Å². The molecule has 0 bridgehead atoms. The molecule has 2 N–H and O–H groups in total. The SMILES string of the molecule is CCC1CCN(C(=O)CCOc2cccc(N)c2)CC1. The minimum absolute atomic E-state index is 0.198. The largest absolute Gasteiger partial charge is 0.493 e. The Hall–Kier alpha value is -1.71. The van der Waals surface area contributed by atoms with Crippen LogP contribution in [0.3, 0.4) is 0 Å². The zero-order valence-electron chi connectivity index (χ0n) is 12.2. The third kappa shape index (κ3) is 4.15. The van der Waals surface area contributed by atoms with Crippen molar-refractivity contribution in [3.05, 3.63) is 24.3 Å². The number of hydrogen-bond donors (Lipinski definition) is 1. The Morgan fingerprint density at radius 2 is 2.15 bits per heavy atom. The van der Waals surface area contributed by atoms with Gasteiger partial charge in [-0.25, -0.2) is 0 Å². The first-order chi connectivity index (χ1) is 9.69. The Labute approximate surface area is 120 Å². The Bertz CT molecular complexity index is 440. The molecule has 0 aliphatic carbocycles. The summed E-state index contributed by atoms with van der Waals surface area (Å²) in [6.07, 6.45) is 3.93. The predicted octanol–water partition coefficient (Wildman–Crippen LogP) is 2.69. The maximum Gasteiger partial charge on any atom is 0.225 e. The molecule has 1 aliphatic rings. The molecular formula is C16H24N2O2. The number of ether oxygens (including phenoxy) is 1. The summed E-state index contributed by atoms with van der Waals surface area (Å²) < 4.78 is 5.56. The molecule has 1 amide bonds. The number of nitrogen functional groups attached to an aromatic ring is 1. The summed E-state index contributed by atoms with van der Waals surface area (Å²) >= 11 is 0. The highest BCUT2D eigenvalue weighted by Crippen LogP contribution is 2.20. The van der Waals surface area contributed by atoms with E-state index in [9.17, 15) is 4.79 Å². The third-order valence-corrected chi connectivity index (χ3v) is 3.99. The maximum atomic E-state index is 12.1. The second-order valence-corrected chi connectivity index (χ2v) is 5.40. The number of benzene rings is 1. The second kappa shape index (κ2) is 7.17. The van der Waals surface area contributed by atoms with Gasteiger partial charge in [-0.05, 0) is 30.9 Å². The van der Waals surface area contributed by atoms with Gasteiger partial charge in [0, 0.05) is 24.8 Å². The van der Waals surface area contributed by atoms with E-state index in [1.54, 1.807) is 6.07 Å². The second-order valence-electron chi connectivity index (χ2n) is 5.40. The van der Waals surface area contributed by atoms with E-state index in [-0.39, 0.29) is 5.91 Å². The van der Waals surface area contributed by atoms with Crippen LogP contribution in [0.5, 0.6) is 5.75 Å². The molecule has 0 atom stereocenters. The summed E-state index contributed by atoms with van der Waals surface area (Å²) in [5, 5.41) is 0. The summed E-state index contributed by atoms with van der Waals surface area (Å²) in [4.78, 5) is 14.0. The van der Waals surface area contributed by atoms with Crippen molar-refractivity contribution in [3.63, 3.8) is 0 Å². The molecule has 4 heteroatoms. The minimum Gasteiger partial charge on any atom is -0.493 e. The van der Waals surface area contributed by atoms with Gasteiger partial charge in [-0.1, -0.05) is 19.4 Å². The van der Waals surface area contributed by atoms with Crippen molar-refractivity contribution in [2.24, 2.45) is 5.92 Å². The Morgan fingerprint density at radius 1 is 1.40 bits per heavy atom. The van der Waals surface area contributed by atoms with Crippen LogP contribution >= 0.6 is 0 Å². The number of hydrogen-bond acceptors (Lipinski definition) is 3. The highest BCUT2D eigenvalue weighted by molar-refractivity contribution is 5.76. The van der Waals surface area contributed by atoms with Crippen LogP contribution in [-0.4, -0.2) is 30.5 Å². The number of likely N-dealkylation sites (tertiary alicyclic amines) is 1. The Morgan fingerprint density at radius 3 is 2.80 bits per heavy atom. The van der Waals surface area contributed by atoms with E-state index in [2.05, 4.69) is 6.92 Å². The molecule has 0 aromatic heterocycles. The van der Waals surface area contributed by atoms with Gasteiger partial charge in [0.1, 0.15) is 5.75 Å². The standard InChI is InChI=1S/C16H24N2O2/c1-2-13-6-9-18(10-7-13)16(19)8-11-20-15-5-3-4-14(17)12-15/h3-5,12-13H,2,6-11,17H2,1H3. The van der Waals surface area contributed by atoms with Gasteiger partial charge in [0.25, 0.3) is 0 Å². The van der Waals surface area contributed by atoms with E-state index in [1.165, 1.54) is 6.42 Å². The normalized spacial score (nSPS) is 16.1. The van der Waals surface area contributed by atoms with E-state index >= 15 is 0 Å². The van der Waals surface area contributed by atoms with Gasteiger partial charge in [-0.2, -0.15) is 0 Å². The van der Waals surface area contributed by atoms with E-state index in [0.717, 1.165) is 37.6 Å². The molecule has 20 heavy (non-hydrogen) atoms. The lowest BCUT2D eigenvalue weighted by atomic mass is 9.94. The average molecular weight is 276 g/mol. The highest BCUT2D eigenvalue weighted by Gasteiger charge is 2.21. The number of amides is 1. The number of nitrogens with zero attached hydrogens (tertiary/aromatic N) is 1.